The fourth-order valence-electron chi connectivity index (χ4n) is 2.40. The van der Waals surface area contributed by atoms with Crippen molar-refractivity contribution in [2.45, 2.75) is 51.7 Å². The lowest BCUT2D eigenvalue weighted by molar-refractivity contribution is -0.140. The van der Waals surface area contributed by atoms with E-state index in [2.05, 4.69) is 19.6 Å². The number of carbonyl (C=O) groups excluding carboxylic acids is 2. The normalized spacial score (nSPS) is 23.1. The van der Waals surface area contributed by atoms with E-state index in [9.17, 15) is 9.59 Å². The van der Waals surface area contributed by atoms with Crippen molar-refractivity contribution in [1.29, 1.82) is 0 Å². The van der Waals surface area contributed by atoms with Crippen LogP contribution < -0.4 is 0 Å². The van der Waals surface area contributed by atoms with Gasteiger partial charge in [-0.05, 0) is 30.8 Å². The number of esters is 1. The van der Waals surface area contributed by atoms with Gasteiger partial charge in [-0.1, -0.05) is 25.7 Å². The summed E-state index contributed by atoms with van der Waals surface area (Å²) in [6.45, 7) is 7.75. The van der Waals surface area contributed by atoms with Crippen LogP contribution in [0.25, 0.3) is 0 Å². The first kappa shape index (κ1) is 16.6. The number of carbonyl (C=O) groups is 2. The number of hydrogen-bond donors (Lipinski definition) is 0. The molecule has 0 spiro atoms. The minimum absolute atomic E-state index is 0.0808. The van der Waals surface area contributed by atoms with Gasteiger partial charge in [0.2, 0.25) is 0 Å². The molecule has 1 aliphatic heterocycles. The van der Waals surface area contributed by atoms with E-state index in [-0.39, 0.29) is 18.2 Å². The van der Waals surface area contributed by atoms with Crippen molar-refractivity contribution >= 4 is 12.3 Å². The molecule has 0 N–H and O–H groups in total. The third kappa shape index (κ3) is 6.66. The molecule has 0 saturated heterocycles. The van der Waals surface area contributed by atoms with Crippen molar-refractivity contribution in [1.82, 2.24) is 0 Å². The van der Waals surface area contributed by atoms with Crippen LogP contribution in [0.5, 0.6) is 0 Å². The molecule has 0 aromatic carbocycles. The molecule has 3 atom stereocenters. The minimum atomic E-state index is -0.281. The fourth-order valence-corrected chi connectivity index (χ4v) is 2.40. The smallest absolute Gasteiger partial charge is 0.302 e. The summed E-state index contributed by atoms with van der Waals surface area (Å²) in [6, 6.07) is 0. The highest BCUT2D eigenvalue weighted by Crippen LogP contribution is 2.23. The summed E-state index contributed by atoms with van der Waals surface area (Å²) in [6.07, 6.45) is 8.04. The molecule has 0 amide bonds. The number of rotatable bonds is 8. The molecular formula is C16H24O4. The molecule has 0 aromatic heterocycles. The Labute approximate surface area is 120 Å². The van der Waals surface area contributed by atoms with Gasteiger partial charge >= 0.3 is 5.97 Å². The van der Waals surface area contributed by atoms with Crippen molar-refractivity contribution in [2.75, 3.05) is 6.61 Å². The van der Waals surface area contributed by atoms with E-state index in [0.29, 0.717) is 18.9 Å². The van der Waals surface area contributed by atoms with Gasteiger partial charge in [-0.3, -0.25) is 4.79 Å². The molecule has 0 bridgehead atoms. The molecule has 3 unspecified atom stereocenters. The minimum Gasteiger partial charge on any atom is -0.461 e. The topological polar surface area (TPSA) is 52.6 Å². The summed E-state index contributed by atoms with van der Waals surface area (Å²) in [4.78, 5) is 21.2. The van der Waals surface area contributed by atoms with Crippen LogP contribution >= 0.6 is 0 Å². The summed E-state index contributed by atoms with van der Waals surface area (Å²) >= 11 is 0. The lowest BCUT2D eigenvalue weighted by atomic mass is 9.94. The summed E-state index contributed by atoms with van der Waals surface area (Å²) < 4.78 is 10.8. The predicted octanol–water partition coefficient (Wildman–Crippen LogP) is 2.82. The molecule has 0 aliphatic carbocycles. The van der Waals surface area contributed by atoms with Crippen molar-refractivity contribution in [2.24, 2.45) is 5.92 Å². The Morgan fingerprint density at radius 1 is 1.60 bits per heavy atom. The molecule has 4 nitrogen and oxygen atoms in total. The fraction of sp³-hybridized carbons (Fsp3) is 0.625. The maximum absolute atomic E-state index is 10.7. The molecule has 20 heavy (non-hydrogen) atoms. The average molecular weight is 280 g/mol. The SMILES string of the molecule is C=C(COC(C)=O)CC(C)CC1CC=CC(CC=O)O1. The van der Waals surface area contributed by atoms with Crippen molar-refractivity contribution in [3.63, 3.8) is 0 Å². The Hall–Kier alpha value is -1.42. The molecule has 4 heteroatoms. The molecule has 0 fully saturated rings. The van der Waals surface area contributed by atoms with Gasteiger partial charge < -0.3 is 14.3 Å². The highest BCUT2D eigenvalue weighted by Gasteiger charge is 2.20. The first-order chi connectivity index (χ1) is 9.51. The second kappa shape index (κ2) is 8.69. The monoisotopic (exact) mass is 280 g/mol. The van der Waals surface area contributed by atoms with E-state index in [0.717, 1.165) is 31.1 Å². The van der Waals surface area contributed by atoms with Crippen molar-refractivity contribution in [3.05, 3.63) is 24.3 Å². The van der Waals surface area contributed by atoms with Gasteiger partial charge in [0, 0.05) is 13.3 Å². The Morgan fingerprint density at radius 2 is 2.35 bits per heavy atom. The number of aldehydes is 1. The van der Waals surface area contributed by atoms with Crippen molar-refractivity contribution in [3.8, 4) is 0 Å². The van der Waals surface area contributed by atoms with Gasteiger partial charge in [0.05, 0.1) is 12.2 Å². The van der Waals surface area contributed by atoms with Crippen LogP contribution in [0.1, 0.15) is 39.5 Å². The Kier molecular flexibility index (Phi) is 7.23. The molecule has 1 aliphatic rings. The van der Waals surface area contributed by atoms with Gasteiger partial charge in [0.1, 0.15) is 12.9 Å². The average Bonchev–Trinajstić information content (AvgIpc) is 2.37. The lowest BCUT2D eigenvalue weighted by Crippen LogP contribution is -2.26. The zero-order valence-electron chi connectivity index (χ0n) is 12.3. The third-order valence-corrected chi connectivity index (χ3v) is 3.23. The predicted molar refractivity (Wildman–Crippen MR) is 77.3 cm³/mol. The lowest BCUT2D eigenvalue weighted by Gasteiger charge is -2.27. The molecule has 1 rings (SSSR count). The van der Waals surface area contributed by atoms with Crippen LogP contribution in [-0.2, 0) is 19.1 Å². The van der Waals surface area contributed by atoms with E-state index in [1.54, 1.807) is 0 Å². The molecule has 0 saturated carbocycles. The maximum atomic E-state index is 10.7. The van der Waals surface area contributed by atoms with Crippen LogP contribution in [0.15, 0.2) is 24.3 Å². The van der Waals surface area contributed by atoms with Crippen molar-refractivity contribution < 1.29 is 19.1 Å². The Morgan fingerprint density at radius 3 is 3.00 bits per heavy atom. The number of hydrogen-bond acceptors (Lipinski definition) is 4. The summed E-state index contributed by atoms with van der Waals surface area (Å²) in [5.41, 5.74) is 0.920. The van der Waals surface area contributed by atoms with Crippen LogP contribution in [0.2, 0.25) is 0 Å². The quantitative estimate of drug-likeness (QED) is 0.390. The van der Waals surface area contributed by atoms with E-state index in [1.165, 1.54) is 6.92 Å². The van der Waals surface area contributed by atoms with E-state index < -0.39 is 0 Å². The third-order valence-electron chi connectivity index (χ3n) is 3.23. The highest BCUT2D eigenvalue weighted by molar-refractivity contribution is 5.66. The maximum Gasteiger partial charge on any atom is 0.302 e. The van der Waals surface area contributed by atoms with E-state index in [1.807, 2.05) is 6.08 Å². The number of ether oxygens (including phenoxy) is 2. The molecule has 112 valence electrons. The molecular weight excluding hydrogens is 256 g/mol. The van der Waals surface area contributed by atoms with Gasteiger partial charge in [0.15, 0.2) is 0 Å². The Bertz CT molecular complexity index is 373. The van der Waals surface area contributed by atoms with Gasteiger partial charge in [-0.15, -0.1) is 0 Å². The van der Waals surface area contributed by atoms with Gasteiger partial charge in [-0.25, -0.2) is 0 Å². The standard InChI is InChI=1S/C16H24O4/c1-12(9-13(2)11-19-14(3)18)10-16-6-4-5-15(20-16)7-8-17/h4-5,8,12,15-16H,2,6-7,9-11H2,1,3H3. The van der Waals surface area contributed by atoms with E-state index >= 15 is 0 Å². The summed E-state index contributed by atoms with van der Waals surface area (Å²) in [5, 5.41) is 0. The van der Waals surface area contributed by atoms with Crippen LogP contribution in [0.4, 0.5) is 0 Å². The van der Waals surface area contributed by atoms with Crippen LogP contribution in [-0.4, -0.2) is 31.1 Å². The second-order valence-electron chi connectivity index (χ2n) is 5.44. The largest absolute Gasteiger partial charge is 0.461 e. The van der Waals surface area contributed by atoms with Gasteiger partial charge in [-0.2, -0.15) is 0 Å². The summed E-state index contributed by atoms with van der Waals surface area (Å²) in [7, 11) is 0. The van der Waals surface area contributed by atoms with E-state index in [4.69, 9.17) is 9.47 Å². The first-order valence-corrected chi connectivity index (χ1v) is 7.07. The summed E-state index contributed by atoms with van der Waals surface area (Å²) in [5.74, 6) is 0.127. The molecule has 0 radical (unpaired) electrons. The Balaban J connectivity index is 2.29. The zero-order valence-corrected chi connectivity index (χ0v) is 12.3. The zero-order chi connectivity index (χ0) is 15.0. The molecule has 1 heterocycles. The second-order valence-corrected chi connectivity index (χ2v) is 5.44. The van der Waals surface area contributed by atoms with Crippen LogP contribution in [0.3, 0.4) is 0 Å². The van der Waals surface area contributed by atoms with Crippen LogP contribution in [0, 0.1) is 5.92 Å². The van der Waals surface area contributed by atoms with Gasteiger partial charge in [0.25, 0.3) is 0 Å². The highest BCUT2D eigenvalue weighted by atomic mass is 16.5. The first-order valence-electron chi connectivity index (χ1n) is 7.07. The molecule has 0 aromatic rings.